The first kappa shape index (κ1) is 23.3. The number of benzene rings is 3. The Morgan fingerprint density at radius 3 is 2.06 bits per heavy atom. The van der Waals surface area contributed by atoms with Crippen molar-refractivity contribution in [2.24, 2.45) is 0 Å². The molecule has 0 saturated heterocycles. The zero-order valence-corrected chi connectivity index (χ0v) is 19.6. The van der Waals surface area contributed by atoms with E-state index >= 15 is 0 Å². The number of carbonyl (C=O) groups is 2. The molecule has 2 atom stereocenters. The molecule has 0 unspecified atom stereocenters. The molecule has 3 aromatic carbocycles. The molecule has 166 valence electrons. The van der Waals surface area contributed by atoms with Crippen LogP contribution in [0, 0.1) is 0 Å². The highest BCUT2D eigenvalue weighted by Gasteiger charge is 2.58. The Morgan fingerprint density at radius 1 is 0.906 bits per heavy atom. The predicted octanol–water partition coefficient (Wildman–Crippen LogP) is 4.69. The van der Waals surface area contributed by atoms with Crippen LogP contribution in [0.2, 0.25) is 0 Å². The zero-order chi connectivity index (χ0) is 23.4. The maximum Gasteiger partial charge on any atom is 0.339 e. The van der Waals surface area contributed by atoms with Crippen LogP contribution < -0.4 is 10.6 Å². The molecule has 7 heteroatoms. The van der Waals surface area contributed by atoms with E-state index in [0.717, 1.165) is 4.47 Å². The molecule has 3 aromatic rings. The molecular weight excluding hydrogens is 472 g/mol. The first-order valence-electron chi connectivity index (χ1n) is 9.99. The van der Waals surface area contributed by atoms with Crippen molar-refractivity contribution < 1.29 is 19.4 Å². The van der Waals surface area contributed by atoms with E-state index in [1.54, 1.807) is 55.5 Å². The predicted molar refractivity (Wildman–Crippen MR) is 127 cm³/mol. The Bertz CT molecular complexity index is 1100. The van der Waals surface area contributed by atoms with Crippen LogP contribution in [0.1, 0.15) is 25.0 Å². The quantitative estimate of drug-likeness (QED) is 0.326. The number of rotatable bonds is 7. The van der Waals surface area contributed by atoms with Crippen LogP contribution in [0.25, 0.3) is 0 Å². The van der Waals surface area contributed by atoms with Crippen LogP contribution in [0.5, 0.6) is 5.75 Å². The Hall–Kier alpha value is -3.32. The number of halogens is 1. The van der Waals surface area contributed by atoms with E-state index in [9.17, 15) is 14.7 Å². The van der Waals surface area contributed by atoms with Crippen molar-refractivity contribution in [3.8, 4) is 5.75 Å². The molecule has 0 aliphatic heterocycles. The van der Waals surface area contributed by atoms with Crippen LogP contribution in [0.15, 0.2) is 83.3 Å². The molecule has 0 heterocycles. The molecule has 0 aliphatic rings. The van der Waals surface area contributed by atoms with Crippen molar-refractivity contribution in [2.75, 3.05) is 12.4 Å². The number of anilines is 1. The van der Waals surface area contributed by atoms with E-state index in [1.807, 2.05) is 30.3 Å². The van der Waals surface area contributed by atoms with E-state index in [2.05, 4.69) is 26.6 Å². The first-order valence-corrected chi connectivity index (χ1v) is 10.8. The Labute approximate surface area is 195 Å². The summed E-state index contributed by atoms with van der Waals surface area (Å²) in [5, 5.41) is 16.7. The lowest BCUT2D eigenvalue weighted by atomic mass is 9.68. The number of amides is 1. The molecule has 6 nitrogen and oxygen atoms in total. The van der Waals surface area contributed by atoms with E-state index in [4.69, 9.17) is 4.74 Å². The van der Waals surface area contributed by atoms with Crippen LogP contribution in [0.3, 0.4) is 0 Å². The second-order valence-corrected chi connectivity index (χ2v) is 8.48. The summed E-state index contributed by atoms with van der Waals surface area (Å²) in [6, 6.07) is 23.0. The molecule has 0 radical (unpaired) electrons. The highest BCUT2D eigenvalue weighted by molar-refractivity contribution is 9.10. The number of ether oxygens (including phenoxy) is 1. The van der Waals surface area contributed by atoms with E-state index < -0.39 is 23.0 Å². The summed E-state index contributed by atoms with van der Waals surface area (Å²) in [5.41, 5.74) is -1.35. The van der Waals surface area contributed by atoms with Crippen molar-refractivity contribution in [2.45, 2.75) is 24.9 Å². The number of esters is 1. The van der Waals surface area contributed by atoms with Gasteiger partial charge in [-0.15, -0.1) is 0 Å². The number of methoxy groups -OCH3 is 1. The van der Waals surface area contributed by atoms with Gasteiger partial charge in [0.05, 0.1) is 18.3 Å². The minimum absolute atomic E-state index is 0.00508. The summed E-state index contributed by atoms with van der Waals surface area (Å²) in [7, 11) is 1.28. The van der Waals surface area contributed by atoms with Gasteiger partial charge in [-0.25, -0.2) is 4.79 Å². The third kappa shape index (κ3) is 4.21. The van der Waals surface area contributed by atoms with Gasteiger partial charge in [0.2, 0.25) is 5.91 Å². The smallest absolute Gasteiger partial charge is 0.339 e. The molecule has 1 amide bonds. The van der Waals surface area contributed by atoms with Crippen molar-refractivity contribution >= 4 is 33.5 Å². The molecule has 0 bridgehead atoms. The normalized spacial score (nSPS) is 14.5. The molecule has 0 saturated carbocycles. The number of nitrogens with one attached hydrogen (secondary N) is 2. The number of phenols is 1. The maximum absolute atomic E-state index is 13.6. The Morgan fingerprint density at radius 2 is 1.50 bits per heavy atom. The van der Waals surface area contributed by atoms with Gasteiger partial charge in [-0.05, 0) is 42.3 Å². The fourth-order valence-corrected chi connectivity index (χ4v) is 4.24. The molecule has 3 rings (SSSR count). The summed E-state index contributed by atoms with van der Waals surface area (Å²) in [4.78, 5) is 26.1. The second kappa shape index (κ2) is 9.44. The summed E-state index contributed by atoms with van der Waals surface area (Å²) in [6.07, 6.45) is 0. The van der Waals surface area contributed by atoms with Crippen LogP contribution in [-0.4, -0.2) is 24.1 Å². The molecule has 32 heavy (non-hydrogen) atoms. The molecule has 3 N–H and O–H groups in total. The van der Waals surface area contributed by atoms with Crippen molar-refractivity contribution in [3.63, 3.8) is 0 Å². The summed E-state index contributed by atoms with van der Waals surface area (Å²) in [6.45, 7) is 3.14. The summed E-state index contributed by atoms with van der Waals surface area (Å²) >= 11 is 3.45. The molecule has 0 fully saturated rings. The largest absolute Gasteiger partial charge is 0.506 e. The van der Waals surface area contributed by atoms with Gasteiger partial charge in [-0.1, -0.05) is 70.5 Å². The number of aromatic hydroxyl groups is 1. The van der Waals surface area contributed by atoms with Gasteiger partial charge in [0.15, 0.2) is 5.54 Å². The van der Waals surface area contributed by atoms with Gasteiger partial charge >= 0.3 is 5.97 Å². The fourth-order valence-electron chi connectivity index (χ4n) is 3.98. The minimum atomic E-state index is -1.68. The van der Waals surface area contributed by atoms with Gasteiger partial charge in [-0.3, -0.25) is 4.79 Å². The number of carbonyl (C=O) groups excluding carboxylic acids is 2. The number of hydrogen-bond acceptors (Lipinski definition) is 5. The summed E-state index contributed by atoms with van der Waals surface area (Å²) in [5.74, 6) is -1.07. The number of hydrogen-bond donors (Lipinski definition) is 3. The third-order valence-corrected chi connectivity index (χ3v) is 6.05. The first-order chi connectivity index (χ1) is 15.2. The lowest BCUT2D eigenvalue weighted by molar-refractivity contribution is -0.154. The van der Waals surface area contributed by atoms with E-state index in [-0.39, 0.29) is 5.75 Å². The highest BCUT2D eigenvalue weighted by Crippen LogP contribution is 2.45. The van der Waals surface area contributed by atoms with Crippen molar-refractivity contribution in [3.05, 3.63) is 94.5 Å². The maximum atomic E-state index is 13.6. The molecule has 0 aliphatic carbocycles. The molecule has 0 spiro atoms. The SMILES string of the molecule is COC(=O)[C@](NC(C)=O)(c1ccccc1)[C@@](C)(Nc1ccccc1O)c1ccc(Br)cc1. The minimum Gasteiger partial charge on any atom is -0.506 e. The third-order valence-electron chi connectivity index (χ3n) is 5.52. The Kier molecular flexibility index (Phi) is 6.89. The second-order valence-electron chi connectivity index (χ2n) is 7.56. The Balaban J connectivity index is 2.39. The van der Waals surface area contributed by atoms with Gasteiger partial charge in [0.1, 0.15) is 5.75 Å². The summed E-state index contributed by atoms with van der Waals surface area (Å²) < 4.78 is 6.12. The van der Waals surface area contributed by atoms with Gasteiger partial charge in [0.25, 0.3) is 0 Å². The monoisotopic (exact) mass is 496 g/mol. The van der Waals surface area contributed by atoms with Gasteiger partial charge < -0.3 is 20.5 Å². The van der Waals surface area contributed by atoms with E-state index in [1.165, 1.54) is 14.0 Å². The van der Waals surface area contributed by atoms with E-state index in [0.29, 0.717) is 16.8 Å². The lowest BCUT2D eigenvalue weighted by Gasteiger charge is -2.48. The van der Waals surface area contributed by atoms with Crippen LogP contribution >= 0.6 is 15.9 Å². The molecular formula is C25H25BrN2O4. The number of phenolic OH excluding ortho intramolecular Hbond substituents is 1. The van der Waals surface area contributed by atoms with Gasteiger partial charge in [-0.2, -0.15) is 0 Å². The topological polar surface area (TPSA) is 87.7 Å². The van der Waals surface area contributed by atoms with Crippen LogP contribution in [0.4, 0.5) is 5.69 Å². The van der Waals surface area contributed by atoms with Crippen LogP contribution in [-0.2, 0) is 25.4 Å². The zero-order valence-electron chi connectivity index (χ0n) is 18.1. The fraction of sp³-hybridized carbons (Fsp3) is 0.200. The number of para-hydroxylation sites is 2. The van der Waals surface area contributed by atoms with Crippen molar-refractivity contribution in [1.29, 1.82) is 0 Å². The average molecular weight is 497 g/mol. The lowest BCUT2D eigenvalue weighted by Crippen LogP contribution is -2.66. The van der Waals surface area contributed by atoms with Crippen molar-refractivity contribution in [1.82, 2.24) is 5.32 Å². The standard InChI is InChI=1S/C25H25BrN2O4/c1-17(29)27-25(23(31)32-3,19-9-5-4-6-10-19)24(2,18-13-15-20(26)16-14-18)28-21-11-7-8-12-22(21)30/h4-16,28,30H,1-3H3,(H,27,29)/t24-,25+/m0/s1. The van der Waals surface area contributed by atoms with Gasteiger partial charge in [0, 0.05) is 11.4 Å². The highest BCUT2D eigenvalue weighted by atomic mass is 79.9. The molecule has 0 aromatic heterocycles. The average Bonchev–Trinajstić information content (AvgIpc) is 2.79.